The van der Waals surface area contributed by atoms with Crippen molar-refractivity contribution in [3.05, 3.63) is 84.2 Å². The second kappa shape index (κ2) is 7.37. The molecule has 0 aliphatic carbocycles. The molecule has 0 spiro atoms. The summed E-state index contributed by atoms with van der Waals surface area (Å²) in [6.45, 7) is 0.290. The van der Waals surface area contributed by atoms with Crippen LogP contribution in [0.25, 0.3) is 22.2 Å². The zero-order chi connectivity index (χ0) is 18.6. The van der Waals surface area contributed by atoms with Gasteiger partial charge in [-0.15, -0.1) is 0 Å². The van der Waals surface area contributed by atoms with Gasteiger partial charge in [-0.3, -0.25) is 9.78 Å². The Morgan fingerprint density at radius 2 is 2.04 bits per heavy atom. The molecule has 5 nitrogen and oxygen atoms in total. The van der Waals surface area contributed by atoms with E-state index in [1.54, 1.807) is 36.9 Å². The molecule has 4 rings (SSSR count). The van der Waals surface area contributed by atoms with Crippen molar-refractivity contribution in [1.29, 1.82) is 0 Å². The molecule has 6 heteroatoms. The number of halogens is 1. The summed E-state index contributed by atoms with van der Waals surface area (Å²) in [5.74, 6) is -0.445. The molecular weight excluding hydrogens is 343 g/mol. The second-order valence-corrected chi connectivity index (χ2v) is 6.26. The number of benzene rings is 1. The lowest BCUT2D eigenvalue weighted by atomic mass is 10.1. The predicted molar refractivity (Wildman–Crippen MR) is 101 cm³/mol. The predicted octanol–water partition coefficient (Wildman–Crippen LogP) is 3.62. The Morgan fingerprint density at radius 3 is 2.85 bits per heavy atom. The molecular formula is C21H17FN4O. The van der Waals surface area contributed by atoms with Crippen molar-refractivity contribution < 1.29 is 9.18 Å². The fourth-order valence-electron chi connectivity index (χ4n) is 2.98. The van der Waals surface area contributed by atoms with E-state index in [4.69, 9.17) is 0 Å². The van der Waals surface area contributed by atoms with Gasteiger partial charge in [0.25, 0.3) is 0 Å². The standard InChI is InChI=1S/C21H17FN4O/c22-18-5-1-3-14(7-18)10-24-20(27)9-17-13-26-21-19(17)8-16(12-25-21)15-4-2-6-23-11-15/h1-8,11-13H,9-10H2,(H,24,27)(H,25,26). The Morgan fingerprint density at radius 1 is 1.11 bits per heavy atom. The van der Waals surface area contributed by atoms with Crippen molar-refractivity contribution in [2.24, 2.45) is 0 Å². The topological polar surface area (TPSA) is 70.7 Å². The highest BCUT2D eigenvalue weighted by Gasteiger charge is 2.11. The molecule has 1 aromatic carbocycles. The van der Waals surface area contributed by atoms with Crippen LogP contribution in [-0.4, -0.2) is 20.9 Å². The highest BCUT2D eigenvalue weighted by Crippen LogP contribution is 2.24. The van der Waals surface area contributed by atoms with Crippen molar-refractivity contribution in [2.75, 3.05) is 0 Å². The van der Waals surface area contributed by atoms with Gasteiger partial charge in [0, 0.05) is 47.8 Å². The van der Waals surface area contributed by atoms with Gasteiger partial charge in [0.1, 0.15) is 11.5 Å². The molecule has 0 aliphatic rings. The Kier molecular flexibility index (Phi) is 4.61. The number of hydrogen-bond donors (Lipinski definition) is 2. The highest BCUT2D eigenvalue weighted by atomic mass is 19.1. The molecule has 2 N–H and O–H groups in total. The van der Waals surface area contributed by atoms with E-state index in [0.717, 1.165) is 33.3 Å². The maximum absolute atomic E-state index is 13.2. The van der Waals surface area contributed by atoms with Gasteiger partial charge in [-0.1, -0.05) is 18.2 Å². The van der Waals surface area contributed by atoms with E-state index < -0.39 is 0 Å². The first kappa shape index (κ1) is 16.9. The zero-order valence-electron chi connectivity index (χ0n) is 14.4. The molecule has 1 amide bonds. The molecule has 0 atom stereocenters. The Hall–Kier alpha value is -3.54. The molecule has 3 aromatic heterocycles. The maximum atomic E-state index is 13.2. The van der Waals surface area contributed by atoms with E-state index in [0.29, 0.717) is 0 Å². The largest absolute Gasteiger partial charge is 0.352 e. The summed E-state index contributed by atoms with van der Waals surface area (Å²) in [7, 11) is 0. The Bertz CT molecular complexity index is 1090. The number of rotatable bonds is 5. The zero-order valence-corrected chi connectivity index (χ0v) is 14.4. The van der Waals surface area contributed by atoms with Crippen LogP contribution >= 0.6 is 0 Å². The van der Waals surface area contributed by atoms with Gasteiger partial charge in [-0.25, -0.2) is 9.37 Å². The third-order valence-electron chi connectivity index (χ3n) is 4.34. The minimum absolute atomic E-state index is 0.132. The summed E-state index contributed by atoms with van der Waals surface area (Å²) in [5.41, 5.74) is 4.23. The van der Waals surface area contributed by atoms with Crippen LogP contribution in [0, 0.1) is 5.82 Å². The van der Waals surface area contributed by atoms with Crippen LogP contribution in [0.1, 0.15) is 11.1 Å². The van der Waals surface area contributed by atoms with Gasteiger partial charge >= 0.3 is 0 Å². The molecule has 0 saturated carbocycles. The second-order valence-electron chi connectivity index (χ2n) is 6.26. The summed E-state index contributed by atoms with van der Waals surface area (Å²) >= 11 is 0. The number of hydrogen-bond acceptors (Lipinski definition) is 3. The first-order chi connectivity index (χ1) is 13.2. The van der Waals surface area contributed by atoms with Gasteiger partial charge in [-0.2, -0.15) is 0 Å². The fourth-order valence-corrected chi connectivity index (χ4v) is 2.98. The SMILES string of the molecule is O=C(Cc1c[nH]c2ncc(-c3cccnc3)cc12)NCc1cccc(F)c1. The molecule has 0 unspecified atom stereocenters. The quantitative estimate of drug-likeness (QED) is 0.571. The van der Waals surface area contributed by atoms with E-state index in [9.17, 15) is 9.18 Å². The number of carbonyl (C=O) groups excluding carboxylic acids is 1. The molecule has 0 bridgehead atoms. The molecule has 0 saturated heterocycles. The van der Waals surface area contributed by atoms with Crippen LogP contribution in [0.2, 0.25) is 0 Å². The van der Waals surface area contributed by atoms with Crippen LogP contribution in [0.4, 0.5) is 4.39 Å². The first-order valence-electron chi connectivity index (χ1n) is 8.56. The van der Waals surface area contributed by atoms with Crippen LogP contribution in [0.5, 0.6) is 0 Å². The number of aromatic nitrogens is 3. The summed E-state index contributed by atoms with van der Waals surface area (Å²) < 4.78 is 13.2. The Labute approximate surface area is 155 Å². The lowest BCUT2D eigenvalue weighted by Crippen LogP contribution is -2.24. The van der Waals surface area contributed by atoms with Gasteiger partial charge in [0.15, 0.2) is 0 Å². The van der Waals surface area contributed by atoms with Crippen LogP contribution < -0.4 is 5.32 Å². The van der Waals surface area contributed by atoms with Gasteiger partial charge < -0.3 is 10.3 Å². The smallest absolute Gasteiger partial charge is 0.224 e. The van der Waals surface area contributed by atoms with Crippen molar-refractivity contribution in [1.82, 2.24) is 20.3 Å². The average Bonchev–Trinajstić information content (AvgIpc) is 3.09. The van der Waals surface area contributed by atoms with Crippen LogP contribution in [-0.2, 0) is 17.8 Å². The van der Waals surface area contributed by atoms with Crippen LogP contribution in [0.3, 0.4) is 0 Å². The van der Waals surface area contributed by atoms with Crippen molar-refractivity contribution >= 4 is 16.9 Å². The highest BCUT2D eigenvalue weighted by molar-refractivity contribution is 5.89. The summed E-state index contributed by atoms with van der Waals surface area (Å²) in [4.78, 5) is 24.0. The number of fused-ring (bicyclic) bond motifs is 1. The van der Waals surface area contributed by atoms with E-state index >= 15 is 0 Å². The van der Waals surface area contributed by atoms with E-state index in [2.05, 4.69) is 20.3 Å². The lowest BCUT2D eigenvalue weighted by Gasteiger charge is -2.06. The number of H-pyrrole nitrogens is 1. The number of amides is 1. The minimum Gasteiger partial charge on any atom is -0.352 e. The van der Waals surface area contributed by atoms with Crippen molar-refractivity contribution in [3.63, 3.8) is 0 Å². The summed E-state index contributed by atoms with van der Waals surface area (Å²) in [6, 6.07) is 12.0. The minimum atomic E-state index is -0.313. The van der Waals surface area contributed by atoms with Gasteiger partial charge in [0.05, 0.1) is 6.42 Å². The number of carbonyl (C=O) groups is 1. The fraction of sp³-hybridized carbons (Fsp3) is 0.0952. The summed E-state index contributed by atoms with van der Waals surface area (Å²) in [5, 5.41) is 3.73. The molecule has 0 aliphatic heterocycles. The number of aromatic amines is 1. The maximum Gasteiger partial charge on any atom is 0.224 e. The van der Waals surface area contributed by atoms with Crippen molar-refractivity contribution in [3.8, 4) is 11.1 Å². The third-order valence-corrected chi connectivity index (χ3v) is 4.34. The molecule has 0 radical (unpaired) electrons. The molecule has 0 fully saturated rings. The first-order valence-corrected chi connectivity index (χ1v) is 8.56. The number of pyridine rings is 2. The third kappa shape index (κ3) is 3.84. The normalized spacial score (nSPS) is 10.9. The number of nitrogens with one attached hydrogen (secondary N) is 2. The Balaban J connectivity index is 1.50. The van der Waals surface area contributed by atoms with Crippen LogP contribution in [0.15, 0.2) is 67.3 Å². The van der Waals surface area contributed by atoms with E-state index in [-0.39, 0.29) is 24.7 Å². The van der Waals surface area contributed by atoms with Gasteiger partial charge in [-0.05, 0) is 35.4 Å². The molecule has 3 heterocycles. The number of nitrogens with zero attached hydrogens (tertiary/aromatic N) is 2. The van der Waals surface area contributed by atoms with Crippen molar-refractivity contribution in [2.45, 2.75) is 13.0 Å². The lowest BCUT2D eigenvalue weighted by molar-refractivity contribution is -0.120. The average molecular weight is 360 g/mol. The van der Waals surface area contributed by atoms with E-state index in [1.807, 2.05) is 18.2 Å². The van der Waals surface area contributed by atoms with E-state index in [1.165, 1.54) is 12.1 Å². The molecule has 4 aromatic rings. The summed E-state index contributed by atoms with van der Waals surface area (Å²) in [6.07, 6.45) is 7.30. The monoisotopic (exact) mass is 360 g/mol. The van der Waals surface area contributed by atoms with Gasteiger partial charge in [0.2, 0.25) is 5.91 Å². The molecule has 134 valence electrons. The molecule has 27 heavy (non-hydrogen) atoms.